The van der Waals surface area contributed by atoms with E-state index in [0.717, 1.165) is 84.2 Å². The highest BCUT2D eigenvalue weighted by atomic mass is 16.5. The molecule has 0 spiro atoms. The van der Waals surface area contributed by atoms with Crippen LogP contribution in [0.15, 0.2) is 48.5 Å². The Morgan fingerprint density at radius 3 is 2.46 bits per heavy atom. The van der Waals surface area contributed by atoms with E-state index in [-0.39, 0.29) is 0 Å². The average Bonchev–Trinajstić information content (AvgIpc) is 3.30. The number of carbonyl (C=O) groups is 1. The van der Waals surface area contributed by atoms with Crippen molar-refractivity contribution in [1.82, 2.24) is 24.8 Å². The van der Waals surface area contributed by atoms with E-state index in [1.54, 1.807) is 0 Å². The number of imidazole rings is 1. The lowest BCUT2D eigenvalue weighted by Gasteiger charge is -2.27. The molecule has 0 bridgehead atoms. The summed E-state index contributed by atoms with van der Waals surface area (Å²) < 4.78 is 12.5. The number of alkyl carbamates (subject to hydrolysis) is 1. The van der Waals surface area contributed by atoms with Crippen LogP contribution in [0.2, 0.25) is 0 Å². The Hall–Kier alpha value is -3.75. The lowest BCUT2D eigenvalue weighted by atomic mass is 9.96. The number of nitrogens with zero attached hydrogens (tertiary/aromatic N) is 4. The number of carbonyl (C=O) groups excluding carboxylic acids is 1. The summed E-state index contributed by atoms with van der Waals surface area (Å²) in [6.45, 7) is 11.7. The van der Waals surface area contributed by atoms with Crippen molar-refractivity contribution >= 4 is 17.3 Å². The van der Waals surface area contributed by atoms with Crippen LogP contribution in [0.4, 0.5) is 4.79 Å². The van der Waals surface area contributed by atoms with Gasteiger partial charge in [-0.15, -0.1) is 0 Å². The molecule has 5 rings (SSSR count). The van der Waals surface area contributed by atoms with Crippen LogP contribution in [-0.4, -0.2) is 58.9 Å². The van der Waals surface area contributed by atoms with Crippen LogP contribution in [0.1, 0.15) is 40.7 Å². The second kappa shape index (κ2) is 12.0. The quantitative estimate of drug-likeness (QED) is 0.347. The number of hydrogen-bond acceptors (Lipinski definition) is 6. The Labute approximate surface area is 230 Å². The monoisotopic (exact) mass is 527 g/mol. The molecule has 4 aromatic rings. The summed E-state index contributed by atoms with van der Waals surface area (Å²) in [6.07, 6.45) is 0.409. The van der Waals surface area contributed by atoms with Gasteiger partial charge >= 0.3 is 6.09 Å². The number of benzene rings is 2. The van der Waals surface area contributed by atoms with Crippen LogP contribution < -0.4 is 5.32 Å². The number of hydrogen-bond donors (Lipinski definition) is 1. The summed E-state index contributed by atoms with van der Waals surface area (Å²) >= 11 is 0. The number of methoxy groups -OCH3 is 1. The zero-order valence-electron chi connectivity index (χ0n) is 23.3. The van der Waals surface area contributed by atoms with Crippen molar-refractivity contribution in [1.29, 1.82) is 0 Å². The Bertz CT molecular complexity index is 1460. The molecule has 2 aromatic carbocycles. The third-order valence-corrected chi connectivity index (χ3v) is 7.32. The van der Waals surface area contributed by atoms with Crippen LogP contribution in [0.3, 0.4) is 0 Å². The number of rotatable bonds is 8. The van der Waals surface area contributed by atoms with E-state index < -0.39 is 6.09 Å². The first kappa shape index (κ1) is 26.8. The fraction of sp³-hybridized carbons (Fsp3) is 0.387. The second-order valence-corrected chi connectivity index (χ2v) is 10.1. The Morgan fingerprint density at radius 2 is 1.74 bits per heavy atom. The summed E-state index contributed by atoms with van der Waals surface area (Å²) in [7, 11) is 1.38. The smallest absolute Gasteiger partial charge is 0.407 e. The van der Waals surface area contributed by atoms with Crippen molar-refractivity contribution < 1.29 is 14.3 Å². The van der Waals surface area contributed by atoms with Gasteiger partial charge in [0.2, 0.25) is 0 Å². The third-order valence-electron chi connectivity index (χ3n) is 7.32. The molecule has 39 heavy (non-hydrogen) atoms. The summed E-state index contributed by atoms with van der Waals surface area (Å²) in [5.41, 5.74) is 9.78. The first-order valence-electron chi connectivity index (χ1n) is 13.6. The van der Waals surface area contributed by atoms with Gasteiger partial charge in [-0.05, 0) is 59.4 Å². The Morgan fingerprint density at radius 1 is 1.00 bits per heavy atom. The molecule has 3 heterocycles. The number of aryl methyl sites for hydroxylation is 3. The van der Waals surface area contributed by atoms with Gasteiger partial charge in [0.15, 0.2) is 5.65 Å². The van der Waals surface area contributed by atoms with Crippen molar-refractivity contribution in [3.63, 3.8) is 0 Å². The highest BCUT2D eigenvalue weighted by Gasteiger charge is 2.16. The molecular formula is C31H37N5O3. The van der Waals surface area contributed by atoms with E-state index in [1.807, 2.05) is 6.92 Å². The average molecular weight is 528 g/mol. The predicted molar refractivity (Wildman–Crippen MR) is 153 cm³/mol. The number of nitrogens with one attached hydrogen (secondary N) is 1. The standard InChI is InChI=1S/C31H37N5O3/c1-5-28-34-29-21(2)16-22(3)33-30(29)36(28)20-23-6-9-25(10-7-23)27-17-24(19-35-12-14-39-15-13-35)8-11-26(27)18-32-31(37)38-4/h6-11,16-17H,5,12-15,18-20H2,1-4H3,(H,32,37). The minimum absolute atomic E-state index is 0.396. The molecular weight excluding hydrogens is 490 g/mol. The SMILES string of the molecule is CCc1nc2c(C)cc(C)nc2n1Cc1ccc(-c2cc(CN3CCOCC3)ccc2CNC(=O)OC)cc1. The molecule has 204 valence electrons. The molecule has 1 amide bonds. The van der Waals surface area contributed by atoms with Crippen LogP contribution in [0.25, 0.3) is 22.3 Å². The normalized spacial score (nSPS) is 14.1. The molecule has 0 saturated carbocycles. The van der Waals surface area contributed by atoms with Crippen molar-refractivity contribution in [2.75, 3.05) is 33.4 Å². The van der Waals surface area contributed by atoms with Crippen LogP contribution in [0.5, 0.6) is 0 Å². The van der Waals surface area contributed by atoms with Gasteiger partial charge in [0.05, 0.1) is 26.9 Å². The zero-order chi connectivity index (χ0) is 27.4. The van der Waals surface area contributed by atoms with Gasteiger partial charge in [-0.25, -0.2) is 14.8 Å². The molecule has 1 saturated heterocycles. The summed E-state index contributed by atoms with van der Waals surface area (Å²) in [5.74, 6) is 1.04. The summed E-state index contributed by atoms with van der Waals surface area (Å²) in [6, 6.07) is 17.3. The molecule has 1 N–H and O–H groups in total. The van der Waals surface area contributed by atoms with Gasteiger partial charge < -0.3 is 19.4 Å². The van der Waals surface area contributed by atoms with E-state index in [0.29, 0.717) is 13.1 Å². The first-order chi connectivity index (χ1) is 18.9. The predicted octanol–water partition coefficient (Wildman–Crippen LogP) is 5.01. The van der Waals surface area contributed by atoms with E-state index in [1.165, 1.54) is 18.2 Å². The van der Waals surface area contributed by atoms with Gasteiger partial charge in [-0.1, -0.05) is 43.3 Å². The molecule has 1 fully saturated rings. The fourth-order valence-corrected chi connectivity index (χ4v) is 5.26. The topological polar surface area (TPSA) is 81.5 Å². The van der Waals surface area contributed by atoms with Gasteiger partial charge in [-0.2, -0.15) is 0 Å². The van der Waals surface area contributed by atoms with Crippen molar-refractivity contribution in [2.24, 2.45) is 0 Å². The molecule has 0 atom stereocenters. The maximum Gasteiger partial charge on any atom is 0.407 e. The van der Waals surface area contributed by atoms with Crippen LogP contribution >= 0.6 is 0 Å². The molecule has 2 aromatic heterocycles. The minimum Gasteiger partial charge on any atom is -0.453 e. The maximum absolute atomic E-state index is 11.8. The molecule has 0 radical (unpaired) electrons. The zero-order valence-corrected chi connectivity index (χ0v) is 23.3. The Kier molecular flexibility index (Phi) is 8.24. The van der Waals surface area contributed by atoms with Crippen molar-refractivity contribution in [3.05, 3.63) is 82.3 Å². The van der Waals surface area contributed by atoms with Gasteiger partial charge in [0.1, 0.15) is 11.3 Å². The highest BCUT2D eigenvalue weighted by Crippen LogP contribution is 2.28. The van der Waals surface area contributed by atoms with E-state index >= 15 is 0 Å². The number of pyridine rings is 1. The Balaban J connectivity index is 1.43. The number of ether oxygens (including phenoxy) is 2. The van der Waals surface area contributed by atoms with E-state index in [2.05, 4.69) is 77.2 Å². The fourth-order valence-electron chi connectivity index (χ4n) is 5.26. The van der Waals surface area contributed by atoms with Crippen molar-refractivity contribution in [3.8, 4) is 11.1 Å². The molecule has 1 aliphatic rings. The molecule has 8 heteroatoms. The summed E-state index contributed by atoms with van der Waals surface area (Å²) in [5, 5.41) is 2.83. The van der Waals surface area contributed by atoms with E-state index in [9.17, 15) is 4.79 Å². The first-order valence-corrected chi connectivity index (χ1v) is 13.6. The molecule has 0 aliphatic carbocycles. The largest absolute Gasteiger partial charge is 0.453 e. The second-order valence-electron chi connectivity index (χ2n) is 10.1. The number of amides is 1. The van der Waals surface area contributed by atoms with Gasteiger partial charge in [-0.3, -0.25) is 4.90 Å². The highest BCUT2D eigenvalue weighted by molar-refractivity contribution is 5.76. The number of aromatic nitrogens is 3. The lowest BCUT2D eigenvalue weighted by molar-refractivity contribution is 0.0342. The lowest BCUT2D eigenvalue weighted by Crippen LogP contribution is -2.35. The van der Waals surface area contributed by atoms with Gasteiger partial charge in [0.25, 0.3) is 0 Å². The van der Waals surface area contributed by atoms with E-state index in [4.69, 9.17) is 19.4 Å². The van der Waals surface area contributed by atoms with Gasteiger partial charge in [0, 0.05) is 38.3 Å². The summed E-state index contributed by atoms with van der Waals surface area (Å²) in [4.78, 5) is 23.9. The third kappa shape index (κ3) is 6.13. The number of fused-ring (bicyclic) bond motifs is 1. The van der Waals surface area contributed by atoms with Crippen molar-refractivity contribution in [2.45, 2.75) is 46.8 Å². The maximum atomic E-state index is 11.8. The molecule has 8 nitrogen and oxygen atoms in total. The molecule has 0 unspecified atom stereocenters. The van der Waals surface area contributed by atoms with Crippen LogP contribution in [-0.2, 0) is 35.5 Å². The van der Waals surface area contributed by atoms with Crippen LogP contribution in [0, 0.1) is 13.8 Å². The molecule has 1 aliphatic heterocycles. The number of morpholine rings is 1. The minimum atomic E-state index is -0.438.